The maximum atomic E-state index is 11.2. The molecule has 2 heterocycles. The van der Waals surface area contributed by atoms with Gasteiger partial charge in [-0.25, -0.2) is 10.6 Å². The number of aryl methyl sites for hydroxylation is 1. The molecule has 0 radical (unpaired) electrons. The lowest BCUT2D eigenvalue weighted by Gasteiger charge is -2.04. The number of pyridine rings is 1. The van der Waals surface area contributed by atoms with Gasteiger partial charge in [-0.05, 0) is 18.6 Å². The van der Waals surface area contributed by atoms with E-state index in [1.165, 1.54) is 0 Å². The van der Waals surface area contributed by atoms with Crippen molar-refractivity contribution in [1.29, 1.82) is 0 Å². The molecular weight excluding hydrogens is 208 g/mol. The lowest BCUT2D eigenvalue weighted by atomic mass is 10.2. The summed E-state index contributed by atoms with van der Waals surface area (Å²) >= 11 is 0. The van der Waals surface area contributed by atoms with Gasteiger partial charge < -0.3 is 0 Å². The molecule has 0 amide bonds. The molecule has 7 heteroatoms. The van der Waals surface area contributed by atoms with Crippen molar-refractivity contribution in [3.05, 3.63) is 34.4 Å². The van der Waals surface area contributed by atoms with E-state index in [1.54, 1.807) is 12.3 Å². The number of hydrazine groups is 1. The lowest BCUT2D eigenvalue weighted by Crippen LogP contribution is -2.20. The van der Waals surface area contributed by atoms with Crippen LogP contribution in [-0.2, 0) is 0 Å². The summed E-state index contributed by atoms with van der Waals surface area (Å²) in [5.74, 6) is 5.55. The Hall–Kier alpha value is -2.28. The van der Waals surface area contributed by atoms with Gasteiger partial charge in [-0.3, -0.25) is 15.4 Å². The molecule has 4 N–H and O–H groups in total. The van der Waals surface area contributed by atoms with Gasteiger partial charge >= 0.3 is 5.69 Å². The van der Waals surface area contributed by atoms with Gasteiger partial charge in [0.25, 0.3) is 0 Å². The maximum absolute atomic E-state index is 11.2. The number of nitrogens with one attached hydrogen (secondary N) is 2. The summed E-state index contributed by atoms with van der Waals surface area (Å²) in [5.41, 5.74) is 3.20. The number of rotatable bonds is 2. The number of aromatic nitrogens is 4. The van der Waals surface area contributed by atoms with Crippen molar-refractivity contribution >= 4 is 5.95 Å². The first-order valence-corrected chi connectivity index (χ1v) is 4.57. The van der Waals surface area contributed by atoms with Gasteiger partial charge in [0.05, 0.1) is 0 Å². The summed E-state index contributed by atoms with van der Waals surface area (Å²) in [4.78, 5) is 25.4. The van der Waals surface area contributed by atoms with Gasteiger partial charge in [0.2, 0.25) is 5.95 Å². The first-order valence-electron chi connectivity index (χ1n) is 4.57. The van der Waals surface area contributed by atoms with E-state index in [1.807, 2.05) is 13.0 Å². The molecule has 0 atom stereocenters. The van der Waals surface area contributed by atoms with Crippen molar-refractivity contribution in [2.24, 2.45) is 5.84 Å². The molecule has 0 saturated heterocycles. The molecular formula is C9H10N6O. The number of hydrogen-bond acceptors (Lipinski definition) is 6. The van der Waals surface area contributed by atoms with Crippen LogP contribution in [0.2, 0.25) is 0 Å². The van der Waals surface area contributed by atoms with Crippen LogP contribution in [0.3, 0.4) is 0 Å². The minimum atomic E-state index is -0.525. The quantitative estimate of drug-likeness (QED) is 0.476. The summed E-state index contributed by atoms with van der Waals surface area (Å²) in [6, 6.07) is 3.68. The fourth-order valence-corrected chi connectivity index (χ4v) is 1.29. The molecule has 2 rings (SSSR count). The second-order valence-electron chi connectivity index (χ2n) is 3.14. The zero-order valence-electron chi connectivity index (χ0n) is 8.56. The average Bonchev–Trinajstić information content (AvgIpc) is 2.28. The number of anilines is 1. The summed E-state index contributed by atoms with van der Waals surface area (Å²) in [5, 5.41) is 0. The Bertz CT molecular complexity index is 564. The third-order valence-corrected chi connectivity index (χ3v) is 2.01. The molecule has 0 saturated carbocycles. The highest BCUT2D eigenvalue weighted by molar-refractivity contribution is 5.54. The number of hydrogen-bond donors (Lipinski definition) is 3. The standard InChI is InChI=1S/C9H10N6O/c1-5-3-2-4-11-6(5)7-12-8(15-10)14-9(16)13-7/h2-4H,10H2,1H3,(H2,12,13,14,15,16). The summed E-state index contributed by atoms with van der Waals surface area (Å²) < 4.78 is 0. The maximum Gasteiger partial charge on any atom is 0.349 e. The van der Waals surface area contributed by atoms with Crippen molar-refractivity contribution in [2.75, 3.05) is 5.43 Å². The van der Waals surface area contributed by atoms with Gasteiger partial charge in [0.15, 0.2) is 5.82 Å². The zero-order valence-corrected chi connectivity index (χ0v) is 8.56. The molecule has 0 spiro atoms. The molecule has 0 bridgehead atoms. The van der Waals surface area contributed by atoms with Crippen LogP contribution in [0, 0.1) is 6.92 Å². The molecule has 2 aromatic rings. The van der Waals surface area contributed by atoms with Crippen LogP contribution >= 0.6 is 0 Å². The van der Waals surface area contributed by atoms with Crippen molar-refractivity contribution in [3.8, 4) is 11.5 Å². The Balaban J connectivity index is 2.60. The van der Waals surface area contributed by atoms with E-state index in [0.29, 0.717) is 11.5 Å². The molecule has 16 heavy (non-hydrogen) atoms. The molecule has 7 nitrogen and oxygen atoms in total. The second kappa shape index (κ2) is 4.07. The fourth-order valence-electron chi connectivity index (χ4n) is 1.29. The molecule has 0 aromatic carbocycles. The van der Waals surface area contributed by atoms with E-state index < -0.39 is 5.69 Å². The number of nitrogens with two attached hydrogens (primary N) is 1. The third-order valence-electron chi connectivity index (χ3n) is 2.01. The Morgan fingerprint density at radius 2 is 2.25 bits per heavy atom. The van der Waals surface area contributed by atoms with Gasteiger partial charge in [-0.1, -0.05) is 6.07 Å². The first kappa shape index (κ1) is 10.2. The molecule has 82 valence electrons. The van der Waals surface area contributed by atoms with Gasteiger partial charge in [-0.2, -0.15) is 9.97 Å². The molecule has 0 aliphatic heterocycles. The van der Waals surface area contributed by atoms with Crippen molar-refractivity contribution in [3.63, 3.8) is 0 Å². The predicted octanol–water partition coefficient (Wildman–Crippen LogP) is -0.179. The second-order valence-corrected chi connectivity index (χ2v) is 3.14. The van der Waals surface area contributed by atoms with Crippen molar-refractivity contribution < 1.29 is 0 Å². The highest BCUT2D eigenvalue weighted by atomic mass is 16.1. The topological polar surface area (TPSA) is 110 Å². The Morgan fingerprint density at radius 1 is 1.44 bits per heavy atom. The fraction of sp³-hybridized carbons (Fsp3) is 0.111. The lowest BCUT2D eigenvalue weighted by molar-refractivity contribution is 0.974. The minimum absolute atomic E-state index is 0.0591. The highest BCUT2D eigenvalue weighted by Crippen LogP contribution is 2.14. The van der Waals surface area contributed by atoms with E-state index in [-0.39, 0.29) is 5.95 Å². The van der Waals surface area contributed by atoms with Crippen LogP contribution < -0.4 is 17.0 Å². The monoisotopic (exact) mass is 218 g/mol. The van der Waals surface area contributed by atoms with E-state index in [9.17, 15) is 4.79 Å². The van der Waals surface area contributed by atoms with E-state index in [0.717, 1.165) is 5.56 Å². The average molecular weight is 218 g/mol. The molecule has 0 aliphatic rings. The third kappa shape index (κ3) is 1.89. The normalized spacial score (nSPS) is 10.1. The Kier molecular flexibility index (Phi) is 2.61. The SMILES string of the molecule is Cc1cccnc1-c1nc(NN)nc(=O)[nH]1. The number of aromatic amines is 1. The minimum Gasteiger partial charge on any atom is -0.292 e. The predicted molar refractivity (Wildman–Crippen MR) is 58.4 cm³/mol. The Morgan fingerprint density at radius 3 is 2.94 bits per heavy atom. The summed E-state index contributed by atoms with van der Waals surface area (Å²) in [6.07, 6.45) is 1.62. The van der Waals surface area contributed by atoms with E-state index in [4.69, 9.17) is 5.84 Å². The van der Waals surface area contributed by atoms with Crippen LogP contribution in [0.1, 0.15) is 5.56 Å². The smallest absolute Gasteiger partial charge is 0.292 e. The van der Waals surface area contributed by atoms with Gasteiger partial charge in [-0.15, -0.1) is 0 Å². The number of nitrogen functional groups attached to an aromatic ring is 1. The van der Waals surface area contributed by atoms with Gasteiger partial charge in [0, 0.05) is 6.20 Å². The zero-order chi connectivity index (χ0) is 11.5. The molecule has 0 unspecified atom stereocenters. The highest BCUT2D eigenvalue weighted by Gasteiger charge is 2.07. The van der Waals surface area contributed by atoms with Crippen LogP contribution in [0.4, 0.5) is 5.95 Å². The van der Waals surface area contributed by atoms with Crippen LogP contribution in [0.25, 0.3) is 11.5 Å². The largest absolute Gasteiger partial charge is 0.349 e. The van der Waals surface area contributed by atoms with Crippen LogP contribution in [0.15, 0.2) is 23.1 Å². The van der Waals surface area contributed by atoms with Crippen LogP contribution in [0.5, 0.6) is 0 Å². The van der Waals surface area contributed by atoms with Crippen molar-refractivity contribution in [2.45, 2.75) is 6.92 Å². The number of H-pyrrole nitrogens is 1. The van der Waals surface area contributed by atoms with Crippen LogP contribution in [-0.4, -0.2) is 19.9 Å². The van der Waals surface area contributed by atoms with Crippen molar-refractivity contribution in [1.82, 2.24) is 19.9 Å². The van der Waals surface area contributed by atoms with E-state index in [2.05, 4.69) is 25.4 Å². The summed E-state index contributed by atoms with van der Waals surface area (Å²) in [6.45, 7) is 1.87. The Labute approximate surface area is 90.8 Å². The number of nitrogens with zero attached hydrogens (tertiary/aromatic N) is 3. The molecule has 0 aliphatic carbocycles. The molecule has 2 aromatic heterocycles. The van der Waals surface area contributed by atoms with E-state index >= 15 is 0 Å². The van der Waals surface area contributed by atoms with Gasteiger partial charge in [0.1, 0.15) is 5.69 Å². The molecule has 0 fully saturated rings. The summed E-state index contributed by atoms with van der Waals surface area (Å²) in [7, 11) is 0. The first-order chi connectivity index (χ1) is 7.70.